The third kappa shape index (κ3) is 5.19. The molecule has 1 aromatic rings. The highest BCUT2D eigenvalue weighted by Gasteiger charge is 2.21. The molecule has 20 heavy (non-hydrogen) atoms. The standard InChI is InChI=1S/C14H19ClN2O3/c1-10(14(19)20)17(8-7-16-11(2)18)9-12-5-3-4-6-13(12)15/h3-6,10H,7-9H2,1-2H3,(H,16,18)(H,19,20). The fourth-order valence-corrected chi connectivity index (χ4v) is 1.98. The zero-order chi connectivity index (χ0) is 15.1. The van der Waals surface area contributed by atoms with Gasteiger partial charge in [-0.15, -0.1) is 0 Å². The number of nitrogens with one attached hydrogen (secondary N) is 1. The van der Waals surface area contributed by atoms with Gasteiger partial charge >= 0.3 is 5.97 Å². The molecule has 0 spiro atoms. The van der Waals surface area contributed by atoms with E-state index in [9.17, 15) is 9.59 Å². The number of amides is 1. The van der Waals surface area contributed by atoms with Gasteiger partial charge in [0.05, 0.1) is 0 Å². The molecule has 0 heterocycles. The van der Waals surface area contributed by atoms with E-state index in [0.29, 0.717) is 24.7 Å². The van der Waals surface area contributed by atoms with Crippen molar-refractivity contribution in [3.05, 3.63) is 34.9 Å². The van der Waals surface area contributed by atoms with E-state index in [2.05, 4.69) is 5.32 Å². The number of aliphatic carboxylic acids is 1. The number of carboxylic acid groups (broad SMARTS) is 1. The van der Waals surface area contributed by atoms with Crippen molar-refractivity contribution in [2.45, 2.75) is 26.4 Å². The van der Waals surface area contributed by atoms with Crippen LogP contribution in [-0.2, 0) is 16.1 Å². The summed E-state index contributed by atoms with van der Waals surface area (Å²) in [5.74, 6) is -1.04. The van der Waals surface area contributed by atoms with Crippen LogP contribution in [0.1, 0.15) is 19.4 Å². The second-order valence-electron chi connectivity index (χ2n) is 4.56. The second kappa shape index (κ2) is 7.87. The number of benzene rings is 1. The van der Waals surface area contributed by atoms with Crippen LogP contribution >= 0.6 is 11.6 Å². The van der Waals surface area contributed by atoms with Crippen LogP contribution in [0.3, 0.4) is 0 Å². The highest BCUT2D eigenvalue weighted by molar-refractivity contribution is 6.31. The van der Waals surface area contributed by atoms with Gasteiger partial charge in [-0.25, -0.2) is 0 Å². The van der Waals surface area contributed by atoms with Gasteiger partial charge in [0.15, 0.2) is 0 Å². The van der Waals surface area contributed by atoms with Gasteiger partial charge in [-0.1, -0.05) is 29.8 Å². The normalized spacial score (nSPS) is 12.2. The molecule has 1 atom stereocenters. The number of nitrogens with zero attached hydrogens (tertiary/aromatic N) is 1. The molecule has 5 nitrogen and oxygen atoms in total. The molecule has 0 saturated heterocycles. The summed E-state index contributed by atoms with van der Waals surface area (Å²) < 4.78 is 0. The minimum absolute atomic E-state index is 0.134. The van der Waals surface area contributed by atoms with E-state index in [1.165, 1.54) is 6.92 Å². The summed E-state index contributed by atoms with van der Waals surface area (Å²) in [5, 5.41) is 12.4. The molecule has 0 fully saturated rings. The van der Waals surface area contributed by atoms with Gasteiger partial charge in [-0.2, -0.15) is 0 Å². The lowest BCUT2D eigenvalue weighted by Gasteiger charge is -2.26. The van der Waals surface area contributed by atoms with Crippen LogP contribution in [-0.4, -0.2) is 41.0 Å². The van der Waals surface area contributed by atoms with E-state index < -0.39 is 12.0 Å². The number of hydrogen-bond acceptors (Lipinski definition) is 3. The number of hydrogen-bond donors (Lipinski definition) is 2. The molecule has 0 bridgehead atoms. The predicted molar refractivity (Wildman–Crippen MR) is 77.6 cm³/mol. The summed E-state index contributed by atoms with van der Waals surface area (Å²) in [6.45, 7) is 4.31. The van der Waals surface area contributed by atoms with Crippen LogP contribution in [0.25, 0.3) is 0 Å². The lowest BCUT2D eigenvalue weighted by Crippen LogP contribution is -2.42. The summed E-state index contributed by atoms with van der Waals surface area (Å²) in [6.07, 6.45) is 0. The average Bonchev–Trinajstić information content (AvgIpc) is 2.38. The Hall–Kier alpha value is -1.59. The van der Waals surface area contributed by atoms with Gasteiger partial charge in [0.1, 0.15) is 6.04 Å². The van der Waals surface area contributed by atoms with Gasteiger partial charge in [0.2, 0.25) is 5.91 Å². The van der Waals surface area contributed by atoms with Crippen LogP contribution < -0.4 is 5.32 Å². The minimum Gasteiger partial charge on any atom is -0.480 e. The molecule has 1 aromatic carbocycles. The summed E-state index contributed by atoms with van der Waals surface area (Å²) in [5.41, 5.74) is 0.866. The lowest BCUT2D eigenvalue weighted by atomic mass is 10.1. The zero-order valence-corrected chi connectivity index (χ0v) is 12.4. The van der Waals surface area contributed by atoms with Crippen molar-refractivity contribution in [2.24, 2.45) is 0 Å². The SMILES string of the molecule is CC(=O)NCCN(Cc1ccccc1Cl)C(C)C(=O)O. The quantitative estimate of drug-likeness (QED) is 0.804. The molecule has 0 radical (unpaired) electrons. The van der Waals surface area contributed by atoms with Gasteiger partial charge in [-0.05, 0) is 18.6 Å². The van der Waals surface area contributed by atoms with E-state index in [-0.39, 0.29) is 5.91 Å². The van der Waals surface area contributed by atoms with Gasteiger partial charge < -0.3 is 10.4 Å². The highest BCUT2D eigenvalue weighted by Crippen LogP contribution is 2.18. The fraction of sp³-hybridized carbons (Fsp3) is 0.429. The Labute approximate surface area is 123 Å². The summed E-state index contributed by atoms with van der Waals surface area (Å²) in [7, 11) is 0. The number of carboxylic acids is 1. The Balaban J connectivity index is 2.74. The maximum absolute atomic E-state index is 11.2. The molecule has 0 saturated carbocycles. The molecular formula is C14H19ClN2O3. The van der Waals surface area contributed by atoms with Crippen molar-refractivity contribution in [3.8, 4) is 0 Å². The Bertz CT molecular complexity index is 479. The monoisotopic (exact) mass is 298 g/mol. The third-order valence-corrected chi connectivity index (χ3v) is 3.38. The average molecular weight is 299 g/mol. The molecular weight excluding hydrogens is 280 g/mol. The fourth-order valence-electron chi connectivity index (χ4n) is 1.79. The van der Waals surface area contributed by atoms with Gasteiger partial charge in [0, 0.05) is 31.6 Å². The van der Waals surface area contributed by atoms with E-state index in [4.69, 9.17) is 16.7 Å². The van der Waals surface area contributed by atoms with Crippen LogP contribution in [0.15, 0.2) is 24.3 Å². The van der Waals surface area contributed by atoms with Crippen molar-refractivity contribution >= 4 is 23.5 Å². The molecule has 110 valence electrons. The van der Waals surface area contributed by atoms with E-state index in [0.717, 1.165) is 5.56 Å². The van der Waals surface area contributed by atoms with Crippen molar-refractivity contribution in [2.75, 3.05) is 13.1 Å². The van der Waals surface area contributed by atoms with Crippen molar-refractivity contribution in [1.29, 1.82) is 0 Å². The number of carbonyl (C=O) groups is 2. The highest BCUT2D eigenvalue weighted by atomic mass is 35.5. The minimum atomic E-state index is -0.903. The maximum Gasteiger partial charge on any atom is 0.320 e. The van der Waals surface area contributed by atoms with Gasteiger partial charge in [-0.3, -0.25) is 14.5 Å². The topological polar surface area (TPSA) is 69.6 Å². The van der Waals surface area contributed by atoms with Crippen molar-refractivity contribution in [1.82, 2.24) is 10.2 Å². The lowest BCUT2D eigenvalue weighted by molar-refractivity contribution is -0.142. The van der Waals surface area contributed by atoms with Crippen LogP contribution in [0, 0.1) is 0 Å². The Morgan fingerprint density at radius 3 is 2.60 bits per heavy atom. The second-order valence-corrected chi connectivity index (χ2v) is 4.97. The Morgan fingerprint density at radius 1 is 1.40 bits per heavy atom. The predicted octanol–water partition coefficient (Wildman–Crippen LogP) is 1.75. The van der Waals surface area contributed by atoms with Crippen LogP contribution in [0.5, 0.6) is 0 Å². The molecule has 0 aromatic heterocycles. The van der Waals surface area contributed by atoms with Crippen LogP contribution in [0.2, 0.25) is 5.02 Å². The molecule has 2 N–H and O–H groups in total. The van der Waals surface area contributed by atoms with Crippen molar-refractivity contribution < 1.29 is 14.7 Å². The molecule has 0 aliphatic rings. The smallest absolute Gasteiger partial charge is 0.320 e. The largest absolute Gasteiger partial charge is 0.480 e. The Kier molecular flexibility index (Phi) is 6.48. The molecule has 6 heteroatoms. The first-order chi connectivity index (χ1) is 9.41. The summed E-state index contributed by atoms with van der Waals surface area (Å²) in [6, 6.07) is 6.67. The van der Waals surface area contributed by atoms with E-state index in [1.54, 1.807) is 17.9 Å². The molecule has 1 unspecified atom stereocenters. The van der Waals surface area contributed by atoms with E-state index >= 15 is 0 Å². The molecule has 1 amide bonds. The molecule has 0 aliphatic carbocycles. The van der Waals surface area contributed by atoms with Crippen LogP contribution in [0.4, 0.5) is 0 Å². The molecule has 0 aliphatic heterocycles. The zero-order valence-electron chi connectivity index (χ0n) is 11.6. The summed E-state index contributed by atoms with van der Waals surface area (Å²) >= 11 is 6.09. The summed E-state index contributed by atoms with van der Waals surface area (Å²) in [4.78, 5) is 23.8. The first-order valence-electron chi connectivity index (χ1n) is 6.36. The number of rotatable bonds is 7. The van der Waals surface area contributed by atoms with Crippen molar-refractivity contribution in [3.63, 3.8) is 0 Å². The van der Waals surface area contributed by atoms with E-state index in [1.807, 2.05) is 18.2 Å². The third-order valence-electron chi connectivity index (χ3n) is 3.01. The Morgan fingerprint density at radius 2 is 2.05 bits per heavy atom. The van der Waals surface area contributed by atoms with Gasteiger partial charge in [0.25, 0.3) is 0 Å². The molecule has 1 rings (SSSR count). The first kappa shape index (κ1) is 16.5. The first-order valence-corrected chi connectivity index (χ1v) is 6.74. The number of halogens is 1. The number of carbonyl (C=O) groups excluding carboxylic acids is 1. The maximum atomic E-state index is 11.2.